The molecule has 0 amide bonds. The molecule has 3 heteroatoms. The summed E-state index contributed by atoms with van der Waals surface area (Å²) in [4.78, 5) is 0. The molecule has 0 saturated heterocycles. The van der Waals surface area contributed by atoms with Crippen LogP contribution in [0.15, 0.2) is 42.5 Å². The maximum atomic E-state index is 5.88. The van der Waals surface area contributed by atoms with Gasteiger partial charge < -0.3 is 9.47 Å². The van der Waals surface area contributed by atoms with Gasteiger partial charge in [0.25, 0.3) is 0 Å². The van der Waals surface area contributed by atoms with E-state index in [2.05, 4.69) is 0 Å². The molecule has 0 bridgehead atoms. The second-order valence-corrected chi connectivity index (χ2v) is 3.98. The van der Waals surface area contributed by atoms with Gasteiger partial charge in [-0.05, 0) is 29.8 Å². The van der Waals surface area contributed by atoms with Gasteiger partial charge in [0.05, 0.1) is 19.8 Å². The van der Waals surface area contributed by atoms with Crippen molar-refractivity contribution in [3.8, 4) is 22.6 Å². The van der Waals surface area contributed by atoms with Crippen LogP contribution < -0.4 is 9.47 Å². The summed E-state index contributed by atoms with van der Waals surface area (Å²) in [5, 5.41) is 0.711. The fourth-order valence-electron chi connectivity index (χ4n) is 1.75. The van der Waals surface area contributed by atoms with Crippen LogP contribution in [0.1, 0.15) is 0 Å². The van der Waals surface area contributed by atoms with Gasteiger partial charge >= 0.3 is 0 Å². The first-order chi connectivity index (χ1) is 8.26. The Balaban J connectivity index is 2.59. The average Bonchev–Trinajstić information content (AvgIpc) is 2.38. The third-order valence-corrected chi connectivity index (χ3v) is 2.81. The molecule has 2 nitrogen and oxygen atoms in total. The van der Waals surface area contributed by atoms with Gasteiger partial charge in [-0.3, -0.25) is 0 Å². The summed E-state index contributed by atoms with van der Waals surface area (Å²) in [7, 11) is 3.29. The maximum Gasteiger partial charge on any atom is 0.130 e. The minimum absolute atomic E-state index is 0.711. The Morgan fingerprint density at radius 1 is 0.824 bits per heavy atom. The van der Waals surface area contributed by atoms with E-state index in [0.717, 1.165) is 22.6 Å². The Morgan fingerprint density at radius 2 is 1.35 bits per heavy atom. The second-order valence-electron chi connectivity index (χ2n) is 3.54. The first-order valence-electron chi connectivity index (χ1n) is 5.23. The Kier molecular flexibility index (Phi) is 3.55. The molecule has 0 aliphatic carbocycles. The summed E-state index contributed by atoms with van der Waals surface area (Å²) in [5.74, 6) is 1.57. The van der Waals surface area contributed by atoms with E-state index in [0.29, 0.717) is 5.02 Å². The topological polar surface area (TPSA) is 18.5 Å². The number of rotatable bonds is 3. The minimum Gasteiger partial charge on any atom is -0.496 e. The fourth-order valence-corrected chi connectivity index (χ4v) is 1.88. The van der Waals surface area contributed by atoms with Gasteiger partial charge in [0.1, 0.15) is 11.5 Å². The van der Waals surface area contributed by atoms with Crippen LogP contribution >= 0.6 is 11.6 Å². The highest BCUT2D eigenvalue weighted by molar-refractivity contribution is 6.30. The van der Waals surface area contributed by atoms with Crippen LogP contribution in [0.25, 0.3) is 11.1 Å². The molecular formula is C14H13ClO2. The van der Waals surface area contributed by atoms with Crippen LogP contribution in [0, 0.1) is 0 Å². The van der Waals surface area contributed by atoms with E-state index in [-0.39, 0.29) is 0 Å². The summed E-state index contributed by atoms with van der Waals surface area (Å²) < 4.78 is 10.7. The lowest BCUT2D eigenvalue weighted by molar-refractivity contribution is 0.397. The smallest absolute Gasteiger partial charge is 0.130 e. The molecule has 0 aromatic heterocycles. The highest BCUT2D eigenvalue weighted by Gasteiger charge is 2.11. The molecule has 17 heavy (non-hydrogen) atoms. The van der Waals surface area contributed by atoms with Crippen molar-refractivity contribution in [2.45, 2.75) is 0 Å². The lowest BCUT2D eigenvalue weighted by Gasteiger charge is -2.13. The standard InChI is InChI=1S/C14H13ClO2/c1-16-12-4-3-5-13(17-2)14(12)10-6-8-11(15)9-7-10/h3-9H,1-2H3. The zero-order valence-corrected chi connectivity index (χ0v) is 10.5. The van der Waals surface area contributed by atoms with Gasteiger partial charge in [-0.1, -0.05) is 29.8 Å². The van der Waals surface area contributed by atoms with Crippen LogP contribution in [-0.2, 0) is 0 Å². The molecule has 0 radical (unpaired) electrons. The third kappa shape index (κ3) is 2.37. The van der Waals surface area contributed by atoms with Crippen LogP contribution in [0.2, 0.25) is 5.02 Å². The zero-order chi connectivity index (χ0) is 12.3. The Morgan fingerprint density at radius 3 is 1.82 bits per heavy atom. The number of halogens is 1. The van der Waals surface area contributed by atoms with Crippen LogP contribution in [0.5, 0.6) is 11.5 Å². The van der Waals surface area contributed by atoms with Crippen molar-refractivity contribution in [3.05, 3.63) is 47.5 Å². The Hall–Kier alpha value is -1.67. The first kappa shape index (κ1) is 11.8. The minimum atomic E-state index is 0.711. The van der Waals surface area contributed by atoms with Crippen molar-refractivity contribution in [2.24, 2.45) is 0 Å². The van der Waals surface area contributed by atoms with Crippen molar-refractivity contribution in [1.82, 2.24) is 0 Å². The highest BCUT2D eigenvalue weighted by Crippen LogP contribution is 2.38. The molecule has 0 fully saturated rings. The van der Waals surface area contributed by atoms with Gasteiger partial charge in [0.2, 0.25) is 0 Å². The number of hydrogen-bond donors (Lipinski definition) is 0. The van der Waals surface area contributed by atoms with Gasteiger partial charge in [-0.2, -0.15) is 0 Å². The summed E-state index contributed by atoms with van der Waals surface area (Å²) in [6.45, 7) is 0. The molecule has 88 valence electrons. The Bertz CT molecular complexity index is 484. The predicted octanol–water partition coefficient (Wildman–Crippen LogP) is 4.02. The van der Waals surface area contributed by atoms with Gasteiger partial charge in [-0.15, -0.1) is 0 Å². The highest BCUT2D eigenvalue weighted by atomic mass is 35.5. The molecule has 0 aliphatic rings. The quantitative estimate of drug-likeness (QED) is 0.817. The molecule has 0 unspecified atom stereocenters. The first-order valence-corrected chi connectivity index (χ1v) is 5.61. The molecule has 0 aliphatic heterocycles. The van der Waals surface area contributed by atoms with Crippen molar-refractivity contribution >= 4 is 11.6 Å². The zero-order valence-electron chi connectivity index (χ0n) is 9.74. The van der Waals surface area contributed by atoms with Crippen LogP contribution in [0.3, 0.4) is 0 Å². The average molecular weight is 249 g/mol. The molecule has 0 atom stereocenters. The summed E-state index contributed by atoms with van der Waals surface area (Å²) in [6.07, 6.45) is 0. The van der Waals surface area contributed by atoms with Crippen molar-refractivity contribution in [3.63, 3.8) is 0 Å². The van der Waals surface area contributed by atoms with E-state index in [1.54, 1.807) is 14.2 Å². The largest absolute Gasteiger partial charge is 0.496 e. The second kappa shape index (κ2) is 5.11. The van der Waals surface area contributed by atoms with E-state index in [1.165, 1.54) is 0 Å². The molecule has 0 saturated carbocycles. The molecular weight excluding hydrogens is 236 g/mol. The van der Waals surface area contributed by atoms with Crippen molar-refractivity contribution < 1.29 is 9.47 Å². The number of ether oxygens (including phenoxy) is 2. The monoisotopic (exact) mass is 248 g/mol. The van der Waals surface area contributed by atoms with Gasteiger partial charge in [0.15, 0.2) is 0 Å². The normalized spacial score (nSPS) is 10.1. The molecule has 2 rings (SSSR count). The summed E-state index contributed by atoms with van der Waals surface area (Å²) >= 11 is 5.88. The molecule has 2 aromatic carbocycles. The van der Waals surface area contributed by atoms with E-state index < -0.39 is 0 Å². The van der Waals surface area contributed by atoms with Gasteiger partial charge in [0, 0.05) is 5.02 Å². The van der Waals surface area contributed by atoms with Crippen molar-refractivity contribution in [2.75, 3.05) is 14.2 Å². The lowest BCUT2D eigenvalue weighted by atomic mass is 10.0. The molecule has 0 spiro atoms. The van der Waals surface area contributed by atoms with E-state index >= 15 is 0 Å². The van der Waals surface area contributed by atoms with Gasteiger partial charge in [-0.25, -0.2) is 0 Å². The van der Waals surface area contributed by atoms with E-state index in [4.69, 9.17) is 21.1 Å². The third-order valence-electron chi connectivity index (χ3n) is 2.56. The number of benzene rings is 2. The maximum absolute atomic E-state index is 5.88. The molecule has 0 N–H and O–H groups in total. The van der Waals surface area contributed by atoms with Crippen molar-refractivity contribution in [1.29, 1.82) is 0 Å². The number of hydrogen-bond acceptors (Lipinski definition) is 2. The predicted molar refractivity (Wildman–Crippen MR) is 70.0 cm³/mol. The summed E-state index contributed by atoms with van der Waals surface area (Å²) in [5.41, 5.74) is 1.96. The van der Waals surface area contributed by atoms with E-state index in [1.807, 2.05) is 42.5 Å². The van der Waals surface area contributed by atoms with E-state index in [9.17, 15) is 0 Å². The van der Waals surface area contributed by atoms with Crippen LogP contribution in [-0.4, -0.2) is 14.2 Å². The molecule has 0 heterocycles. The SMILES string of the molecule is COc1cccc(OC)c1-c1ccc(Cl)cc1. The summed E-state index contributed by atoms with van der Waals surface area (Å²) in [6, 6.07) is 13.3. The Labute approximate surface area is 106 Å². The lowest BCUT2D eigenvalue weighted by Crippen LogP contribution is -1.92. The van der Waals surface area contributed by atoms with Crippen LogP contribution in [0.4, 0.5) is 0 Å². The molecule has 2 aromatic rings. The fraction of sp³-hybridized carbons (Fsp3) is 0.143. The number of methoxy groups -OCH3 is 2.